The minimum absolute atomic E-state index is 0.0837. The number of sulfone groups is 1. The van der Waals surface area contributed by atoms with Crippen molar-refractivity contribution >= 4 is 15.8 Å². The van der Waals surface area contributed by atoms with E-state index in [1.54, 1.807) is 25.1 Å². The molecule has 2 N–H and O–H groups in total. The summed E-state index contributed by atoms with van der Waals surface area (Å²) in [5, 5.41) is 5.79. The summed E-state index contributed by atoms with van der Waals surface area (Å²) >= 11 is 0. The van der Waals surface area contributed by atoms with E-state index in [2.05, 4.69) is 15.6 Å². The lowest BCUT2D eigenvalue weighted by Crippen LogP contribution is -2.38. The molecule has 0 amide bonds. The van der Waals surface area contributed by atoms with Gasteiger partial charge in [0, 0.05) is 13.1 Å². The number of hydrogen-bond donors (Lipinski definition) is 2. The number of rotatable bonds is 8. The molecule has 0 unspecified atom stereocenters. The van der Waals surface area contributed by atoms with Crippen LogP contribution in [0.1, 0.15) is 24.5 Å². The van der Waals surface area contributed by atoms with Crippen molar-refractivity contribution in [3.05, 3.63) is 65.5 Å². The third-order valence-electron chi connectivity index (χ3n) is 4.11. The first kappa shape index (κ1) is 23.7. The second kappa shape index (κ2) is 10.4. The Morgan fingerprint density at radius 1 is 1.07 bits per heavy atom. The van der Waals surface area contributed by atoms with E-state index < -0.39 is 27.4 Å². The highest BCUT2D eigenvalue weighted by Crippen LogP contribution is 2.32. The Hall–Kier alpha value is -2.62. The molecule has 0 aliphatic carbocycles. The minimum Gasteiger partial charge on any atom is -0.357 e. The monoisotopic (exact) mass is 445 g/mol. The van der Waals surface area contributed by atoms with Crippen LogP contribution in [0.25, 0.3) is 0 Å². The molecular formula is C20H23F4N3O2S. The SMILES string of the molecule is CCNC(=NCc1ccc(F)cc1C(F)(F)F)NCCCS(=O)(=O)c1ccccc1. The van der Waals surface area contributed by atoms with E-state index >= 15 is 0 Å². The molecule has 0 heterocycles. The van der Waals surface area contributed by atoms with E-state index in [-0.39, 0.29) is 41.7 Å². The van der Waals surface area contributed by atoms with Gasteiger partial charge in [-0.15, -0.1) is 0 Å². The Balaban J connectivity index is 1.99. The lowest BCUT2D eigenvalue weighted by Gasteiger charge is -2.14. The molecule has 2 aromatic carbocycles. The minimum atomic E-state index is -4.69. The van der Waals surface area contributed by atoms with Gasteiger partial charge in [0.05, 0.1) is 22.8 Å². The van der Waals surface area contributed by atoms with Crippen molar-refractivity contribution in [1.82, 2.24) is 10.6 Å². The second-order valence-electron chi connectivity index (χ2n) is 6.41. The first-order valence-corrected chi connectivity index (χ1v) is 10.9. The van der Waals surface area contributed by atoms with Gasteiger partial charge in [-0.1, -0.05) is 24.3 Å². The molecule has 2 rings (SSSR count). The van der Waals surface area contributed by atoms with Crippen LogP contribution in [0.4, 0.5) is 17.6 Å². The molecule has 164 valence electrons. The zero-order valence-corrected chi connectivity index (χ0v) is 17.2. The zero-order chi connectivity index (χ0) is 22.2. The Morgan fingerprint density at radius 2 is 1.77 bits per heavy atom. The van der Waals surface area contributed by atoms with E-state index in [4.69, 9.17) is 0 Å². The topological polar surface area (TPSA) is 70.6 Å². The van der Waals surface area contributed by atoms with Crippen molar-refractivity contribution in [2.45, 2.75) is 31.0 Å². The Labute approximate surface area is 173 Å². The number of guanidine groups is 1. The van der Waals surface area contributed by atoms with E-state index in [1.165, 1.54) is 12.1 Å². The summed E-state index contributed by atoms with van der Waals surface area (Å²) in [7, 11) is -3.41. The molecule has 30 heavy (non-hydrogen) atoms. The largest absolute Gasteiger partial charge is 0.416 e. The summed E-state index contributed by atoms with van der Waals surface area (Å²) in [6, 6.07) is 10.5. The van der Waals surface area contributed by atoms with Crippen LogP contribution in [0.5, 0.6) is 0 Å². The van der Waals surface area contributed by atoms with Crippen molar-refractivity contribution < 1.29 is 26.0 Å². The summed E-state index contributed by atoms with van der Waals surface area (Å²) in [4.78, 5) is 4.34. The number of alkyl halides is 3. The van der Waals surface area contributed by atoms with Crippen LogP contribution in [0.2, 0.25) is 0 Å². The average molecular weight is 445 g/mol. The van der Waals surface area contributed by atoms with Crippen molar-refractivity contribution in [3.63, 3.8) is 0 Å². The van der Waals surface area contributed by atoms with Gasteiger partial charge in [-0.2, -0.15) is 13.2 Å². The van der Waals surface area contributed by atoms with Crippen molar-refractivity contribution in [3.8, 4) is 0 Å². The molecule has 2 aromatic rings. The molecule has 10 heteroatoms. The summed E-state index contributed by atoms with van der Waals surface area (Å²) in [6.07, 6.45) is -4.41. The van der Waals surface area contributed by atoms with Gasteiger partial charge in [0.25, 0.3) is 0 Å². The summed E-state index contributed by atoms with van der Waals surface area (Å²) < 4.78 is 77.0. The fourth-order valence-corrected chi connectivity index (χ4v) is 4.00. The lowest BCUT2D eigenvalue weighted by atomic mass is 10.1. The molecule has 0 aromatic heterocycles. The molecule has 0 aliphatic heterocycles. The van der Waals surface area contributed by atoms with Gasteiger partial charge in [-0.05, 0) is 43.2 Å². The molecule has 5 nitrogen and oxygen atoms in total. The van der Waals surface area contributed by atoms with Gasteiger partial charge in [-0.3, -0.25) is 0 Å². The molecule has 0 atom stereocenters. The zero-order valence-electron chi connectivity index (χ0n) is 16.3. The summed E-state index contributed by atoms with van der Waals surface area (Å²) in [5.41, 5.74) is -1.23. The molecule has 0 saturated carbocycles. The molecule has 0 radical (unpaired) electrons. The molecule has 0 saturated heterocycles. The first-order valence-electron chi connectivity index (χ1n) is 9.29. The fourth-order valence-electron chi connectivity index (χ4n) is 2.67. The highest BCUT2D eigenvalue weighted by molar-refractivity contribution is 7.91. The van der Waals surface area contributed by atoms with Crippen LogP contribution in [0, 0.1) is 5.82 Å². The maximum atomic E-state index is 13.2. The maximum absolute atomic E-state index is 13.2. The maximum Gasteiger partial charge on any atom is 0.416 e. The fraction of sp³-hybridized carbons (Fsp3) is 0.350. The van der Waals surface area contributed by atoms with Crippen LogP contribution >= 0.6 is 0 Å². The van der Waals surface area contributed by atoms with Crippen LogP contribution in [0.3, 0.4) is 0 Å². The Morgan fingerprint density at radius 3 is 2.40 bits per heavy atom. The summed E-state index contributed by atoms with van der Waals surface area (Å²) in [5.74, 6) is -0.814. The lowest BCUT2D eigenvalue weighted by molar-refractivity contribution is -0.138. The van der Waals surface area contributed by atoms with Gasteiger partial charge in [0.1, 0.15) is 5.82 Å². The molecule has 0 spiro atoms. The van der Waals surface area contributed by atoms with Crippen molar-refractivity contribution in [2.75, 3.05) is 18.8 Å². The predicted molar refractivity (Wildman–Crippen MR) is 107 cm³/mol. The van der Waals surface area contributed by atoms with Gasteiger partial charge in [0.15, 0.2) is 15.8 Å². The Bertz CT molecular complexity index is 962. The molecule has 0 bridgehead atoms. The van der Waals surface area contributed by atoms with E-state index in [9.17, 15) is 26.0 Å². The molecular weight excluding hydrogens is 422 g/mol. The Kier molecular flexibility index (Phi) is 8.22. The number of benzene rings is 2. The predicted octanol–water partition coefficient (Wildman–Crippen LogP) is 3.76. The van der Waals surface area contributed by atoms with Gasteiger partial charge in [-0.25, -0.2) is 17.8 Å². The normalized spacial score (nSPS) is 12.6. The number of nitrogens with one attached hydrogen (secondary N) is 2. The standard InChI is InChI=1S/C20H23F4N3O2S/c1-2-25-19(26-11-6-12-30(28,29)17-7-4-3-5-8-17)27-14-15-9-10-16(21)13-18(15)20(22,23)24/h3-5,7-10,13H,2,6,11-12,14H2,1H3,(H2,25,26,27). The quantitative estimate of drug-likeness (QED) is 0.281. The highest BCUT2D eigenvalue weighted by Gasteiger charge is 2.33. The van der Waals surface area contributed by atoms with Crippen LogP contribution in [-0.2, 0) is 22.6 Å². The number of nitrogens with zero attached hydrogens (tertiary/aromatic N) is 1. The van der Waals surface area contributed by atoms with Gasteiger partial charge >= 0.3 is 6.18 Å². The number of halogens is 4. The van der Waals surface area contributed by atoms with Crippen LogP contribution < -0.4 is 10.6 Å². The molecule has 0 aliphatic rings. The average Bonchev–Trinajstić information content (AvgIpc) is 2.70. The van der Waals surface area contributed by atoms with Crippen LogP contribution in [-0.4, -0.2) is 33.2 Å². The van der Waals surface area contributed by atoms with Crippen molar-refractivity contribution in [2.24, 2.45) is 4.99 Å². The van der Waals surface area contributed by atoms with Crippen molar-refractivity contribution in [1.29, 1.82) is 0 Å². The summed E-state index contributed by atoms with van der Waals surface area (Å²) in [6.45, 7) is 2.19. The van der Waals surface area contributed by atoms with Gasteiger partial charge < -0.3 is 10.6 Å². The van der Waals surface area contributed by atoms with E-state index in [1.807, 2.05) is 0 Å². The molecule has 0 fully saturated rings. The first-order chi connectivity index (χ1) is 14.1. The highest BCUT2D eigenvalue weighted by atomic mass is 32.2. The van der Waals surface area contributed by atoms with E-state index in [0.717, 1.165) is 12.1 Å². The third kappa shape index (κ3) is 7.01. The third-order valence-corrected chi connectivity index (χ3v) is 5.93. The number of hydrogen-bond acceptors (Lipinski definition) is 3. The van der Waals surface area contributed by atoms with Gasteiger partial charge in [0.2, 0.25) is 0 Å². The second-order valence-corrected chi connectivity index (χ2v) is 8.52. The van der Waals surface area contributed by atoms with E-state index in [0.29, 0.717) is 12.6 Å². The van der Waals surface area contributed by atoms with Crippen LogP contribution in [0.15, 0.2) is 58.4 Å². The smallest absolute Gasteiger partial charge is 0.357 e. The number of aliphatic imine (C=N–C) groups is 1.